The van der Waals surface area contributed by atoms with E-state index in [0.29, 0.717) is 43.1 Å². The van der Waals surface area contributed by atoms with Gasteiger partial charge in [-0.25, -0.2) is 14.8 Å². The van der Waals surface area contributed by atoms with Gasteiger partial charge in [0.1, 0.15) is 5.82 Å². The minimum absolute atomic E-state index is 0.133. The SMILES string of the molecule is Cc1ncc(C(=O)N2CC[C@]3(CN(C)C(=O)O3)C2)c(-c2ccccc2)n1. The van der Waals surface area contributed by atoms with Crippen LogP contribution in [0.15, 0.2) is 36.5 Å². The molecule has 0 radical (unpaired) electrons. The van der Waals surface area contributed by atoms with E-state index in [4.69, 9.17) is 4.74 Å². The molecule has 26 heavy (non-hydrogen) atoms. The largest absolute Gasteiger partial charge is 0.439 e. The highest BCUT2D eigenvalue weighted by Gasteiger charge is 2.49. The fraction of sp³-hybridized carbons (Fsp3) is 0.368. The molecular formula is C19H20N4O3. The maximum absolute atomic E-state index is 13.1. The number of aromatic nitrogens is 2. The molecule has 2 saturated heterocycles. The number of amides is 2. The van der Waals surface area contributed by atoms with Crippen LogP contribution in [0.2, 0.25) is 0 Å². The molecular weight excluding hydrogens is 332 g/mol. The maximum atomic E-state index is 13.1. The molecule has 4 rings (SSSR count). The Labute approximate surface area is 151 Å². The summed E-state index contributed by atoms with van der Waals surface area (Å²) in [6, 6.07) is 9.61. The summed E-state index contributed by atoms with van der Waals surface area (Å²) in [5.74, 6) is 0.482. The van der Waals surface area contributed by atoms with Crippen LogP contribution in [0, 0.1) is 6.92 Å². The Hall–Kier alpha value is -2.96. The van der Waals surface area contributed by atoms with Crippen LogP contribution < -0.4 is 0 Å². The number of likely N-dealkylation sites (N-methyl/N-ethyl adjacent to an activating group) is 1. The lowest BCUT2D eigenvalue weighted by Crippen LogP contribution is -2.39. The highest BCUT2D eigenvalue weighted by Crippen LogP contribution is 2.33. The molecule has 1 aromatic carbocycles. The normalized spacial score (nSPS) is 22.2. The number of carbonyl (C=O) groups excluding carboxylic acids is 2. The van der Waals surface area contributed by atoms with Crippen molar-refractivity contribution in [1.82, 2.24) is 19.8 Å². The van der Waals surface area contributed by atoms with Crippen LogP contribution in [0.4, 0.5) is 4.79 Å². The van der Waals surface area contributed by atoms with Gasteiger partial charge in [0, 0.05) is 31.8 Å². The van der Waals surface area contributed by atoms with Gasteiger partial charge >= 0.3 is 6.09 Å². The van der Waals surface area contributed by atoms with E-state index in [-0.39, 0.29) is 12.0 Å². The summed E-state index contributed by atoms with van der Waals surface area (Å²) in [6.07, 6.45) is 1.90. The third-order valence-corrected chi connectivity index (χ3v) is 4.93. The molecule has 0 saturated carbocycles. The number of benzene rings is 1. The van der Waals surface area contributed by atoms with Gasteiger partial charge in [0.25, 0.3) is 5.91 Å². The number of ether oxygens (including phenoxy) is 1. The molecule has 134 valence electrons. The first-order chi connectivity index (χ1) is 12.5. The first kappa shape index (κ1) is 16.5. The van der Waals surface area contributed by atoms with E-state index in [0.717, 1.165) is 5.56 Å². The Balaban J connectivity index is 1.63. The van der Waals surface area contributed by atoms with E-state index >= 15 is 0 Å². The van der Waals surface area contributed by atoms with Crippen LogP contribution in [0.3, 0.4) is 0 Å². The average Bonchev–Trinajstić information content (AvgIpc) is 3.17. The fourth-order valence-corrected chi connectivity index (χ4v) is 3.64. The zero-order valence-corrected chi connectivity index (χ0v) is 14.8. The Morgan fingerprint density at radius 3 is 2.69 bits per heavy atom. The zero-order chi connectivity index (χ0) is 18.3. The van der Waals surface area contributed by atoms with Crippen LogP contribution in [-0.2, 0) is 4.74 Å². The number of hydrogen-bond donors (Lipinski definition) is 0. The van der Waals surface area contributed by atoms with Crippen molar-refractivity contribution in [2.45, 2.75) is 18.9 Å². The lowest BCUT2D eigenvalue weighted by Gasteiger charge is -2.22. The summed E-state index contributed by atoms with van der Waals surface area (Å²) in [5.41, 5.74) is 1.38. The van der Waals surface area contributed by atoms with Crippen LogP contribution in [0.1, 0.15) is 22.6 Å². The molecule has 0 bridgehead atoms. The van der Waals surface area contributed by atoms with E-state index in [1.165, 1.54) is 0 Å². The summed E-state index contributed by atoms with van der Waals surface area (Å²) >= 11 is 0. The van der Waals surface area contributed by atoms with Crippen molar-refractivity contribution in [2.24, 2.45) is 0 Å². The van der Waals surface area contributed by atoms with Crippen molar-refractivity contribution in [3.8, 4) is 11.3 Å². The molecule has 2 aliphatic heterocycles. The van der Waals surface area contributed by atoms with Gasteiger partial charge in [-0.1, -0.05) is 30.3 Å². The molecule has 1 spiro atoms. The monoisotopic (exact) mass is 352 g/mol. The van der Waals surface area contributed by atoms with Gasteiger partial charge in [-0.3, -0.25) is 4.79 Å². The topological polar surface area (TPSA) is 75.6 Å². The standard InChI is InChI=1S/C19H20N4O3/c1-13-20-10-15(16(21-13)14-6-4-3-5-7-14)17(24)23-9-8-19(12-23)11-22(2)18(25)26-19/h3-7,10H,8-9,11-12H2,1-2H3/t19-/m0/s1. The van der Waals surface area contributed by atoms with E-state index < -0.39 is 5.60 Å². The Morgan fingerprint density at radius 2 is 2.00 bits per heavy atom. The Morgan fingerprint density at radius 1 is 1.23 bits per heavy atom. The first-order valence-corrected chi connectivity index (χ1v) is 8.60. The third kappa shape index (κ3) is 2.79. The smallest absolute Gasteiger partial charge is 0.410 e. The molecule has 2 fully saturated rings. The highest BCUT2D eigenvalue weighted by molar-refractivity contribution is 5.99. The number of nitrogens with zero attached hydrogens (tertiary/aromatic N) is 4. The number of rotatable bonds is 2. The quantitative estimate of drug-likeness (QED) is 0.827. The van der Waals surface area contributed by atoms with Gasteiger partial charge in [-0.05, 0) is 6.92 Å². The van der Waals surface area contributed by atoms with Crippen molar-refractivity contribution >= 4 is 12.0 Å². The second-order valence-electron chi connectivity index (χ2n) is 6.93. The van der Waals surface area contributed by atoms with E-state index in [9.17, 15) is 9.59 Å². The van der Waals surface area contributed by atoms with E-state index in [1.54, 1.807) is 30.0 Å². The molecule has 0 aliphatic carbocycles. The highest BCUT2D eigenvalue weighted by atomic mass is 16.6. The predicted molar refractivity (Wildman–Crippen MR) is 94.6 cm³/mol. The van der Waals surface area contributed by atoms with Crippen LogP contribution in [-0.4, -0.2) is 64.1 Å². The second kappa shape index (κ2) is 6.09. The van der Waals surface area contributed by atoms with Gasteiger partial charge < -0.3 is 14.5 Å². The summed E-state index contributed by atoms with van der Waals surface area (Å²) in [7, 11) is 1.71. The lowest BCUT2D eigenvalue weighted by molar-refractivity contribution is 0.0553. The number of hydrogen-bond acceptors (Lipinski definition) is 5. The van der Waals surface area contributed by atoms with Crippen LogP contribution >= 0.6 is 0 Å². The Bertz CT molecular complexity index is 870. The number of likely N-dealkylation sites (tertiary alicyclic amines) is 1. The minimum atomic E-state index is -0.597. The van der Waals surface area contributed by atoms with E-state index in [2.05, 4.69) is 9.97 Å². The molecule has 3 heterocycles. The summed E-state index contributed by atoms with van der Waals surface area (Å²) in [4.78, 5) is 36.9. The molecule has 2 aromatic rings. The zero-order valence-electron chi connectivity index (χ0n) is 14.8. The fourth-order valence-electron chi connectivity index (χ4n) is 3.64. The van der Waals surface area contributed by atoms with Crippen molar-refractivity contribution in [3.63, 3.8) is 0 Å². The van der Waals surface area contributed by atoms with Gasteiger partial charge in [0.15, 0.2) is 5.60 Å². The molecule has 0 unspecified atom stereocenters. The lowest BCUT2D eigenvalue weighted by atomic mass is 10.0. The first-order valence-electron chi connectivity index (χ1n) is 8.60. The van der Waals surface area contributed by atoms with Gasteiger partial charge in [-0.2, -0.15) is 0 Å². The van der Waals surface area contributed by atoms with Crippen molar-refractivity contribution in [1.29, 1.82) is 0 Å². The van der Waals surface area contributed by atoms with Gasteiger partial charge in [0.05, 0.1) is 24.3 Å². The average molecular weight is 352 g/mol. The molecule has 7 nitrogen and oxygen atoms in total. The number of aryl methyl sites for hydroxylation is 1. The molecule has 0 N–H and O–H groups in total. The molecule has 2 amide bonds. The van der Waals surface area contributed by atoms with Crippen LogP contribution in [0.5, 0.6) is 0 Å². The van der Waals surface area contributed by atoms with Crippen molar-refractivity contribution in [2.75, 3.05) is 26.7 Å². The Kier molecular flexibility index (Phi) is 3.86. The van der Waals surface area contributed by atoms with Gasteiger partial charge in [-0.15, -0.1) is 0 Å². The predicted octanol–water partition coefficient (Wildman–Crippen LogP) is 2.12. The number of carbonyl (C=O) groups is 2. The van der Waals surface area contributed by atoms with Crippen molar-refractivity contribution < 1.29 is 14.3 Å². The molecule has 7 heteroatoms. The second-order valence-corrected chi connectivity index (χ2v) is 6.93. The maximum Gasteiger partial charge on any atom is 0.410 e. The minimum Gasteiger partial charge on any atom is -0.439 e. The van der Waals surface area contributed by atoms with Crippen molar-refractivity contribution in [3.05, 3.63) is 47.9 Å². The summed E-state index contributed by atoms with van der Waals surface area (Å²) < 4.78 is 5.53. The third-order valence-electron chi connectivity index (χ3n) is 4.93. The molecule has 2 aliphatic rings. The van der Waals surface area contributed by atoms with Gasteiger partial charge in [0.2, 0.25) is 0 Å². The summed E-state index contributed by atoms with van der Waals surface area (Å²) in [5, 5.41) is 0. The molecule has 1 aromatic heterocycles. The summed E-state index contributed by atoms with van der Waals surface area (Å²) in [6.45, 7) is 3.25. The van der Waals surface area contributed by atoms with Crippen LogP contribution in [0.25, 0.3) is 11.3 Å². The molecule has 1 atom stereocenters. The van der Waals surface area contributed by atoms with E-state index in [1.807, 2.05) is 30.3 Å².